The normalized spacial score (nSPS) is 15.5. The van der Waals surface area contributed by atoms with Crippen LogP contribution in [0.15, 0.2) is 24.4 Å². The van der Waals surface area contributed by atoms with Crippen LogP contribution in [0.5, 0.6) is 0 Å². The molecule has 150 valence electrons. The van der Waals surface area contributed by atoms with Crippen LogP contribution in [0.1, 0.15) is 70.9 Å². The second-order valence-corrected chi connectivity index (χ2v) is 7.63. The molecule has 1 amide bonds. The molecule has 1 aliphatic rings. The van der Waals surface area contributed by atoms with Crippen molar-refractivity contribution in [2.45, 2.75) is 59.0 Å². The number of nitrogens with one attached hydrogen (secondary N) is 2. The van der Waals surface area contributed by atoms with Gasteiger partial charge < -0.3 is 10.3 Å². The molecule has 1 saturated heterocycles. The van der Waals surface area contributed by atoms with Crippen LogP contribution in [0.25, 0.3) is 0 Å². The highest BCUT2D eigenvalue weighted by Gasteiger charge is 2.26. The fraction of sp³-hybridized carbons (Fsp3) is 0.500. The lowest BCUT2D eigenvalue weighted by atomic mass is 10.00. The van der Waals surface area contributed by atoms with Crippen LogP contribution in [-0.2, 0) is 13.0 Å². The Morgan fingerprint density at radius 3 is 2.64 bits per heavy atom. The number of hydrogen-bond acceptors (Lipinski definition) is 4. The number of carbonyl (C=O) groups excluding carboxylic acids is 2. The molecule has 28 heavy (non-hydrogen) atoms. The quantitative estimate of drug-likeness (QED) is 0.721. The Bertz CT molecular complexity index is 821. The van der Waals surface area contributed by atoms with E-state index in [0.29, 0.717) is 11.3 Å². The molecule has 0 aliphatic carbocycles. The molecule has 0 bridgehead atoms. The van der Waals surface area contributed by atoms with E-state index < -0.39 is 0 Å². The number of hydrogen-bond donors (Lipinski definition) is 2. The number of likely N-dealkylation sites (tertiary alicyclic amines) is 1. The van der Waals surface area contributed by atoms with Crippen LogP contribution < -0.4 is 5.32 Å². The van der Waals surface area contributed by atoms with Gasteiger partial charge in [-0.3, -0.25) is 19.5 Å². The van der Waals surface area contributed by atoms with E-state index in [4.69, 9.17) is 0 Å². The molecule has 0 unspecified atom stereocenters. The molecule has 0 atom stereocenters. The first-order valence-electron chi connectivity index (χ1n) is 10.1. The minimum atomic E-state index is -0.0952. The summed E-state index contributed by atoms with van der Waals surface area (Å²) in [6, 6.07) is 6.14. The third kappa shape index (κ3) is 4.68. The third-order valence-electron chi connectivity index (χ3n) is 5.40. The van der Waals surface area contributed by atoms with Gasteiger partial charge in [0.1, 0.15) is 5.69 Å². The Balaban J connectivity index is 1.60. The summed E-state index contributed by atoms with van der Waals surface area (Å²) >= 11 is 0. The van der Waals surface area contributed by atoms with Gasteiger partial charge in [-0.2, -0.15) is 0 Å². The van der Waals surface area contributed by atoms with Crippen LogP contribution in [0.4, 0.5) is 0 Å². The first kappa shape index (κ1) is 20.3. The van der Waals surface area contributed by atoms with Crippen molar-refractivity contribution in [2.24, 2.45) is 0 Å². The molecular formula is C22H30N4O2. The zero-order valence-electron chi connectivity index (χ0n) is 17.0. The Labute approximate surface area is 166 Å². The summed E-state index contributed by atoms with van der Waals surface area (Å²) in [6.07, 6.45) is 5.28. The van der Waals surface area contributed by atoms with Crippen LogP contribution in [0, 0.1) is 6.92 Å². The summed E-state index contributed by atoms with van der Waals surface area (Å²) in [5.74, 6) is -0.0821. The number of nitrogens with zero attached hydrogens (tertiary/aromatic N) is 2. The molecule has 6 heteroatoms. The van der Waals surface area contributed by atoms with Gasteiger partial charge in [-0.1, -0.05) is 19.4 Å². The first-order chi connectivity index (χ1) is 13.5. The maximum absolute atomic E-state index is 12.9. The standard InChI is InChI=1S/C22H30N4O2/c1-4-7-19-20(16(3)27)15(2)24-21(19)22(28)25-17-9-12-26(13-10-17)14-18-8-5-6-11-23-18/h5-6,8,11,17,24H,4,7,9-10,12-14H2,1-3H3,(H,25,28). The van der Waals surface area contributed by atoms with E-state index in [0.717, 1.165) is 62.3 Å². The van der Waals surface area contributed by atoms with Gasteiger partial charge in [0.2, 0.25) is 0 Å². The van der Waals surface area contributed by atoms with E-state index in [1.165, 1.54) is 0 Å². The summed E-state index contributed by atoms with van der Waals surface area (Å²) in [5.41, 5.74) is 3.95. The van der Waals surface area contributed by atoms with Gasteiger partial charge in [-0.05, 0) is 50.8 Å². The van der Waals surface area contributed by atoms with Crippen LogP contribution >= 0.6 is 0 Å². The predicted molar refractivity (Wildman–Crippen MR) is 110 cm³/mol. The lowest BCUT2D eigenvalue weighted by Crippen LogP contribution is -2.44. The number of Topliss-reactive ketones (excluding diaryl/α,β-unsaturated/α-hetero) is 1. The number of aryl methyl sites for hydroxylation is 1. The molecule has 2 aromatic rings. The molecule has 2 aromatic heterocycles. The number of pyridine rings is 1. The Morgan fingerprint density at radius 2 is 2.04 bits per heavy atom. The van der Waals surface area contributed by atoms with Crippen LogP contribution in [0.3, 0.4) is 0 Å². The summed E-state index contributed by atoms with van der Waals surface area (Å²) in [6.45, 7) is 8.21. The van der Waals surface area contributed by atoms with Crippen molar-refractivity contribution in [1.82, 2.24) is 20.2 Å². The molecule has 0 radical (unpaired) electrons. The second-order valence-electron chi connectivity index (χ2n) is 7.63. The van der Waals surface area contributed by atoms with Crippen LogP contribution in [-0.4, -0.2) is 45.7 Å². The summed E-state index contributed by atoms with van der Waals surface area (Å²) in [5, 5.41) is 3.17. The third-order valence-corrected chi connectivity index (χ3v) is 5.40. The van der Waals surface area contributed by atoms with Crippen molar-refractivity contribution < 1.29 is 9.59 Å². The van der Waals surface area contributed by atoms with E-state index >= 15 is 0 Å². The van der Waals surface area contributed by atoms with Crippen molar-refractivity contribution in [2.75, 3.05) is 13.1 Å². The van der Waals surface area contributed by atoms with Gasteiger partial charge in [0, 0.05) is 43.1 Å². The number of aromatic amines is 1. The average molecular weight is 383 g/mol. The summed E-state index contributed by atoms with van der Waals surface area (Å²) in [4.78, 5) is 34.8. The van der Waals surface area contributed by atoms with Gasteiger partial charge in [0.05, 0.1) is 5.69 Å². The second kappa shape index (κ2) is 9.15. The average Bonchev–Trinajstić information content (AvgIpc) is 3.01. The zero-order chi connectivity index (χ0) is 20.1. The number of H-pyrrole nitrogens is 1. The van der Waals surface area contributed by atoms with Crippen molar-refractivity contribution in [3.63, 3.8) is 0 Å². The minimum absolute atomic E-state index is 0.0130. The number of aromatic nitrogens is 2. The number of ketones is 1. The molecule has 1 fully saturated rings. The SMILES string of the molecule is CCCc1c(C(=O)NC2CCN(Cc3ccccn3)CC2)[nH]c(C)c1C(C)=O. The highest BCUT2D eigenvalue weighted by atomic mass is 16.2. The van der Waals surface area contributed by atoms with Gasteiger partial charge >= 0.3 is 0 Å². The summed E-state index contributed by atoms with van der Waals surface area (Å²) < 4.78 is 0. The number of amides is 1. The number of carbonyl (C=O) groups is 2. The largest absolute Gasteiger partial charge is 0.354 e. The van der Waals surface area contributed by atoms with E-state index in [1.807, 2.05) is 31.3 Å². The van der Waals surface area contributed by atoms with Crippen molar-refractivity contribution in [1.29, 1.82) is 0 Å². The molecular weight excluding hydrogens is 352 g/mol. The van der Waals surface area contributed by atoms with E-state index in [2.05, 4.69) is 27.1 Å². The fourth-order valence-corrected chi connectivity index (χ4v) is 4.06. The van der Waals surface area contributed by atoms with Gasteiger partial charge in [-0.15, -0.1) is 0 Å². The highest BCUT2D eigenvalue weighted by Crippen LogP contribution is 2.22. The van der Waals surface area contributed by atoms with Gasteiger partial charge in [-0.25, -0.2) is 0 Å². The van der Waals surface area contributed by atoms with Crippen molar-refractivity contribution in [3.8, 4) is 0 Å². The van der Waals surface area contributed by atoms with E-state index in [1.54, 1.807) is 6.92 Å². The molecule has 1 aliphatic heterocycles. The number of rotatable bonds is 7. The fourth-order valence-electron chi connectivity index (χ4n) is 4.06. The minimum Gasteiger partial charge on any atom is -0.354 e. The lowest BCUT2D eigenvalue weighted by molar-refractivity contribution is 0.0903. The molecule has 6 nitrogen and oxygen atoms in total. The topological polar surface area (TPSA) is 78.1 Å². The monoisotopic (exact) mass is 382 g/mol. The lowest BCUT2D eigenvalue weighted by Gasteiger charge is -2.32. The Morgan fingerprint density at radius 1 is 1.29 bits per heavy atom. The first-order valence-corrected chi connectivity index (χ1v) is 10.1. The van der Waals surface area contributed by atoms with Gasteiger partial charge in [0.25, 0.3) is 5.91 Å². The molecule has 0 aromatic carbocycles. The molecule has 2 N–H and O–H groups in total. The molecule has 0 spiro atoms. The predicted octanol–water partition coefficient (Wildman–Crippen LogP) is 3.27. The summed E-state index contributed by atoms with van der Waals surface area (Å²) in [7, 11) is 0. The van der Waals surface area contributed by atoms with Crippen molar-refractivity contribution in [3.05, 3.63) is 52.6 Å². The Kier molecular flexibility index (Phi) is 6.62. The molecule has 3 rings (SSSR count). The van der Waals surface area contributed by atoms with Crippen molar-refractivity contribution >= 4 is 11.7 Å². The molecule has 3 heterocycles. The molecule has 0 saturated carbocycles. The Hall–Kier alpha value is -2.47. The maximum Gasteiger partial charge on any atom is 0.268 e. The van der Waals surface area contributed by atoms with Crippen LogP contribution in [0.2, 0.25) is 0 Å². The number of piperidine rings is 1. The van der Waals surface area contributed by atoms with E-state index in [-0.39, 0.29) is 17.7 Å². The van der Waals surface area contributed by atoms with Gasteiger partial charge in [0.15, 0.2) is 5.78 Å². The highest BCUT2D eigenvalue weighted by molar-refractivity contribution is 6.02. The smallest absolute Gasteiger partial charge is 0.268 e. The maximum atomic E-state index is 12.9. The van der Waals surface area contributed by atoms with E-state index in [9.17, 15) is 9.59 Å². The zero-order valence-corrected chi connectivity index (χ0v) is 17.0.